The first-order chi connectivity index (χ1) is 18.0. The van der Waals surface area contributed by atoms with Crippen molar-refractivity contribution in [2.45, 2.75) is 102 Å². The van der Waals surface area contributed by atoms with E-state index in [0.717, 1.165) is 35.7 Å². The largest absolute Gasteiger partial charge is 0.479 e. The van der Waals surface area contributed by atoms with Crippen molar-refractivity contribution < 1.29 is 14.7 Å². The first kappa shape index (κ1) is 24.6. The van der Waals surface area contributed by atoms with Gasteiger partial charge in [0.15, 0.2) is 5.69 Å². The van der Waals surface area contributed by atoms with E-state index < -0.39 is 12.6 Å². The smallest absolute Gasteiger partial charge is 0.344 e. The second-order valence-corrected chi connectivity index (χ2v) is 11.7. The molecule has 4 aliphatic rings. The van der Waals surface area contributed by atoms with Crippen molar-refractivity contribution in [2.24, 2.45) is 17.0 Å². The molecule has 8 nitrogen and oxygen atoms in total. The van der Waals surface area contributed by atoms with E-state index in [1.807, 2.05) is 28.8 Å². The van der Waals surface area contributed by atoms with Gasteiger partial charge in [0, 0.05) is 18.1 Å². The van der Waals surface area contributed by atoms with E-state index >= 15 is 0 Å². The highest BCUT2D eigenvalue weighted by Gasteiger charge is 2.49. The summed E-state index contributed by atoms with van der Waals surface area (Å²) in [4.78, 5) is 37.3. The number of aliphatic carboxylic acids is 1. The van der Waals surface area contributed by atoms with Crippen LogP contribution in [0.3, 0.4) is 0 Å². The average molecular weight is 507 g/mol. The number of oxime groups is 1. The Morgan fingerprint density at radius 3 is 2.51 bits per heavy atom. The lowest BCUT2D eigenvalue weighted by molar-refractivity contribution is -0.142. The predicted molar refractivity (Wildman–Crippen MR) is 142 cm³/mol. The van der Waals surface area contributed by atoms with Crippen LogP contribution < -0.4 is 5.56 Å². The molecular formula is C29H38N4O4. The summed E-state index contributed by atoms with van der Waals surface area (Å²) in [6.45, 7) is 1.11. The van der Waals surface area contributed by atoms with Gasteiger partial charge in [-0.3, -0.25) is 9.69 Å². The van der Waals surface area contributed by atoms with Crippen molar-refractivity contribution in [1.82, 2.24) is 14.5 Å². The van der Waals surface area contributed by atoms with E-state index in [-0.39, 0.29) is 17.3 Å². The number of benzene rings is 1. The highest BCUT2D eigenvalue weighted by atomic mass is 16.6. The molecule has 2 unspecified atom stereocenters. The third-order valence-electron chi connectivity index (χ3n) is 9.43. The Bertz CT molecular complexity index is 1240. The second kappa shape index (κ2) is 10.2. The van der Waals surface area contributed by atoms with Crippen molar-refractivity contribution in [1.29, 1.82) is 0 Å². The Balaban J connectivity index is 1.37. The average Bonchev–Trinajstić information content (AvgIpc) is 2.99. The number of hydrogen-bond donors (Lipinski definition) is 1. The maximum atomic E-state index is 14.0. The van der Waals surface area contributed by atoms with Gasteiger partial charge in [0.1, 0.15) is 5.71 Å². The summed E-state index contributed by atoms with van der Waals surface area (Å²) in [5.41, 5.74) is 2.00. The number of fused-ring (bicyclic) bond motifs is 5. The normalized spacial score (nSPS) is 32.3. The van der Waals surface area contributed by atoms with Crippen LogP contribution in [0.15, 0.2) is 34.2 Å². The third-order valence-corrected chi connectivity index (χ3v) is 9.43. The Morgan fingerprint density at radius 2 is 1.76 bits per heavy atom. The fourth-order valence-corrected chi connectivity index (χ4v) is 8.10. The van der Waals surface area contributed by atoms with Crippen LogP contribution >= 0.6 is 0 Å². The van der Waals surface area contributed by atoms with E-state index in [1.54, 1.807) is 6.92 Å². The van der Waals surface area contributed by atoms with Crippen LogP contribution in [0.4, 0.5) is 0 Å². The molecule has 1 N–H and O–H groups in total. The minimum atomic E-state index is -1.11. The Hall–Kier alpha value is -2.74. The lowest BCUT2D eigenvalue weighted by atomic mass is 9.76. The highest BCUT2D eigenvalue weighted by molar-refractivity contribution is 5.97. The van der Waals surface area contributed by atoms with E-state index in [2.05, 4.69) is 15.0 Å². The number of aromatic nitrogens is 2. The maximum Gasteiger partial charge on any atom is 0.344 e. The Kier molecular flexibility index (Phi) is 6.78. The van der Waals surface area contributed by atoms with Gasteiger partial charge in [-0.25, -0.2) is 9.78 Å². The molecule has 2 saturated heterocycles. The molecule has 0 spiro atoms. The fraction of sp³-hybridized carbons (Fsp3) is 0.655. The van der Waals surface area contributed by atoms with Gasteiger partial charge in [0.25, 0.3) is 5.56 Å². The molecule has 2 aliphatic heterocycles. The van der Waals surface area contributed by atoms with Crippen LogP contribution in [0.2, 0.25) is 0 Å². The van der Waals surface area contributed by atoms with Gasteiger partial charge in [0.2, 0.25) is 6.61 Å². The monoisotopic (exact) mass is 506 g/mol. The Labute approximate surface area is 217 Å². The van der Waals surface area contributed by atoms with Crippen molar-refractivity contribution in [2.75, 3.05) is 6.61 Å². The summed E-state index contributed by atoms with van der Waals surface area (Å²) < 4.78 is 1.99. The number of hydrogen-bond acceptors (Lipinski definition) is 6. The van der Waals surface area contributed by atoms with Crippen LogP contribution in [0, 0.1) is 11.8 Å². The number of carbonyl (C=O) groups is 1. The van der Waals surface area contributed by atoms with Gasteiger partial charge < -0.3 is 14.5 Å². The second-order valence-electron chi connectivity index (χ2n) is 11.7. The van der Waals surface area contributed by atoms with E-state index in [9.17, 15) is 9.59 Å². The first-order valence-corrected chi connectivity index (χ1v) is 14.2. The molecule has 1 aromatic carbocycles. The molecule has 0 amide bonds. The number of piperidine rings is 1. The lowest BCUT2D eigenvalue weighted by Crippen LogP contribution is -2.51. The number of nitrogens with zero attached hydrogens (tertiary/aromatic N) is 4. The standard InChI is InChI=1S/C29H38N4O4/c1-18(31-37-17-27(34)35)28-29(36)33(24-11-5-4-10-23(24)30-28)26-16-21-9-6-12-25(26)32(21)22-14-19-7-2-3-8-20(13-19)15-22/h4-5,10-11,19-22,25-26H,2-3,6-9,12-17H2,1H3,(H,34,35)/b31-18+/t19?,20?,21-,22?,25+,26+/m0/s1. The summed E-state index contributed by atoms with van der Waals surface area (Å²) >= 11 is 0. The zero-order valence-electron chi connectivity index (χ0n) is 21.7. The molecule has 3 heterocycles. The van der Waals surface area contributed by atoms with Crippen LogP contribution in [0.5, 0.6) is 0 Å². The van der Waals surface area contributed by atoms with Gasteiger partial charge in [-0.05, 0) is 69.4 Å². The first-order valence-electron chi connectivity index (χ1n) is 14.2. The molecule has 5 atom stereocenters. The molecule has 4 bridgehead atoms. The summed E-state index contributed by atoms with van der Waals surface area (Å²) in [6, 6.07) is 9.48. The molecule has 198 valence electrons. The molecule has 8 heteroatoms. The minimum Gasteiger partial charge on any atom is -0.479 e. The summed E-state index contributed by atoms with van der Waals surface area (Å²) in [5.74, 6) is 0.625. The molecule has 37 heavy (non-hydrogen) atoms. The quantitative estimate of drug-likeness (QED) is 0.449. The molecule has 1 aromatic heterocycles. The van der Waals surface area contributed by atoms with Gasteiger partial charge in [-0.1, -0.05) is 49.4 Å². The fourth-order valence-electron chi connectivity index (χ4n) is 8.10. The topological polar surface area (TPSA) is 97.0 Å². The molecule has 2 saturated carbocycles. The predicted octanol–water partition coefficient (Wildman–Crippen LogP) is 4.75. The minimum absolute atomic E-state index is 0.100. The lowest BCUT2D eigenvalue weighted by Gasteiger charge is -2.46. The van der Waals surface area contributed by atoms with E-state index in [1.165, 1.54) is 57.8 Å². The van der Waals surface area contributed by atoms with Crippen molar-refractivity contribution in [3.05, 3.63) is 40.3 Å². The molecule has 0 radical (unpaired) electrons. The summed E-state index contributed by atoms with van der Waals surface area (Å²) in [5, 5.41) is 12.8. The van der Waals surface area contributed by atoms with Crippen molar-refractivity contribution in [3.63, 3.8) is 0 Å². The zero-order chi connectivity index (χ0) is 25.5. The van der Waals surface area contributed by atoms with Crippen LogP contribution in [0.25, 0.3) is 11.0 Å². The molecule has 2 aromatic rings. The van der Waals surface area contributed by atoms with Crippen LogP contribution in [-0.4, -0.2) is 56.0 Å². The SMILES string of the molecule is C/C(=N\OCC(=O)O)c1nc2ccccc2n([C@@H]2C[C@@H]3CCC[C@H]2N3C2CC3CCCCC(C3)C2)c1=O. The molecular weight excluding hydrogens is 468 g/mol. The Morgan fingerprint density at radius 1 is 1.00 bits per heavy atom. The van der Waals surface area contributed by atoms with Crippen molar-refractivity contribution in [3.8, 4) is 0 Å². The molecule has 6 rings (SSSR count). The number of para-hydroxylation sites is 2. The zero-order valence-corrected chi connectivity index (χ0v) is 21.7. The summed E-state index contributed by atoms with van der Waals surface area (Å²) in [6.07, 6.45) is 14.2. The molecule has 4 fully saturated rings. The van der Waals surface area contributed by atoms with Gasteiger partial charge in [0.05, 0.1) is 17.1 Å². The summed E-state index contributed by atoms with van der Waals surface area (Å²) in [7, 11) is 0. The van der Waals surface area contributed by atoms with E-state index in [0.29, 0.717) is 23.8 Å². The number of rotatable bonds is 6. The van der Waals surface area contributed by atoms with Crippen molar-refractivity contribution >= 4 is 22.7 Å². The van der Waals surface area contributed by atoms with Gasteiger partial charge in [-0.2, -0.15) is 0 Å². The third kappa shape index (κ3) is 4.69. The van der Waals surface area contributed by atoms with Crippen LogP contribution in [-0.2, 0) is 9.63 Å². The highest BCUT2D eigenvalue weighted by Crippen LogP contribution is 2.49. The van der Waals surface area contributed by atoms with Gasteiger partial charge >= 0.3 is 5.97 Å². The molecule has 2 aliphatic carbocycles. The number of carboxylic acids is 1. The van der Waals surface area contributed by atoms with Crippen LogP contribution in [0.1, 0.15) is 89.3 Å². The van der Waals surface area contributed by atoms with Gasteiger partial charge in [-0.15, -0.1) is 0 Å². The maximum absolute atomic E-state index is 14.0. The number of carboxylic acid groups (broad SMARTS) is 1. The van der Waals surface area contributed by atoms with E-state index in [4.69, 9.17) is 9.94 Å².